The Morgan fingerprint density at radius 3 is 2.20 bits per heavy atom. The van der Waals surface area contributed by atoms with E-state index in [1.54, 1.807) is 24.3 Å². The zero-order valence-corrected chi connectivity index (χ0v) is 17.8. The van der Waals surface area contributed by atoms with E-state index in [2.05, 4.69) is 10.0 Å². The number of ether oxygens (including phenoxy) is 2. The maximum Gasteiger partial charge on any atom is 0.262 e. The van der Waals surface area contributed by atoms with Gasteiger partial charge >= 0.3 is 0 Å². The quantitative estimate of drug-likeness (QED) is 0.560. The summed E-state index contributed by atoms with van der Waals surface area (Å²) in [7, 11) is -0.971. The van der Waals surface area contributed by atoms with Gasteiger partial charge in [-0.1, -0.05) is 23.7 Å². The van der Waals surface area contributed by atoms with Gasteiger partial charge in [0.25, 0.3) is 15.9 Å². The number of para-hydroxylation sites is 1. The molecule has 0 heterocycles. The van der Waals surface area contributed by atoms with Gasteiger partial charge in [-0.05, 0) is 48.5 Å². The van der Waals surface area contributed by atoms with Crippen molar-refractivity contribution in [1.82, 2.24) is 0 Å². The van der Waals surface area contributed by atoms with Crippen molar-refractivity contribution in [3.05, 3.63) is 77.3 Å². The van der Waals surface area contributed by atoms with E-state index in [0.29, 0.717) is 33.5 Å². The van der Waals surface area contributed by atoms with Crippen LogP contribution in [0.1, 0.15) is 10.4 Å². The van der Waals surface area contributed by atoms with E-state index >= 15 is 0 Å². The SMILES string of the molecule is COc1ccc(S(=O)(=O)Nc2ccc(C(=O)Nc3ccccc3Cl)cc2)cc1OC. The summed E-state index contributed by atoms with van der Waals surface area (Å²) < 4.78 is 38.1. The summed E-state index contributed by atoms with van der Waals surface area (Å²) in [6.07, 6.45) is 0. The smallest absolute Gasteiger partial charge is 0.262 e. The molecule has 0 aromatic heterocycles. The van der Waals surface area contributed by atoms with Crippen molar-refractivity contribution in [3.8, 4) is 11.5 Å². The normalized spacial score (nSPS) is 10.9. The van der Waals surface area contributed by atoms with E-state index in [9.17, 15) is 13.2 Å². The number of hydrogen-bond acceptors (Lipinski definition) is 5. The Labute approximate surface area is 179 Å². The molecule has 0 saturated carbocycles. The number of anilines is 2. The maximum atomic E-state index is 12.7. The molecule has 1 amide bonds. The molecule has 2 N–H and O–H groups in total. The van der Waals surface area contributed by atoms with Crippen LogP contribution in [0.2, 0.25) is 5.02 Å². The second kappa shape index (κ2) is 9.06. The highest BCUT2D eigenvalue weighted by molar-refractivity contribution is 7.92. The first-order valence-corrected chi connectivity index (χ1v) is 10.6. The van der Waals surface area contributed by atoms with Gasteiger partial charge in [0, 0.05) is 17.3 Å². The Morgan fingerprint density at radius 2 is 1.57 bits per heavy atom. The molecular formula is C21H19ClN2O5S. The number of sulfonamides is 1. The van der Waals surface area contributed by atoms with Gasteiger partial charge in [0.15, 0.2) is 11.5 Å². The lowest BCUT2D eigenvalue weighted by atomic mass is 10.2. The molecule has 0 spiro atoms. The summed E-state index contributed by atoms with van der Waals surface area (Å²) in [6.45, 7) is 0. The molecule has 0 atom stereocenters. The Bertz CT molecular complexity index is 1160. The summed E-state index contributed by atoms with van der Waals surface area (Å²) in [5, 5.41) is 3.13. The molecule has 9 heteroatoms. The van der Waals surface area contributed by atoms with Crippen LogP contribution in [0.4, 0.5) is 11.4 Å². The number of halogens is 1. The van der Waals surface area contributed by atoms with Gasteiger partial charge in [0.05, 0.1) is 29.8 Å². The number of rotatable bonds is 7. The minimum atomic E-state index is -3.86. The number of nitrogens with one attached hydrogen (secondary N) is 2. The molecule has 0 radical (unpaired) electrons. The van der Waals surface area contributed by atoms with E-state index in [1.165, 1.54) is 56.7 Å². The average molecular weight is 447 g/mol. The van der Waals surface area contributed by atoms with E-state index in [0.717, 1.165) is 0 Å². The zero-order valence-electron chi connectivity index (χ0n) is 16.2. The number of carbonyl (C=O) groups is 1. The predicted octanol–water partition coefficient (Wildman–Crippen LogP) is 4.41. The highest BCUT2D eigenvalue weighted by atomic mass is 35.5. The van der Waals surface area contributed by atoms with Crippen molar-refractivity contribution in [2.45, 2.75) is 4.90 Å². The first-order valence-electron chi connectivity index (χ1n) is 8.75. The number of benzene rings is 3. The minimum Gasteiger partial charge on any atom is -0.493 e. The van der Waals surface area contributed by atoms with Gasteiger partial charge in [0.1, 0.15) is 0 Å². The van der Waals surface area contributed by atoms with Crippen molar-refractivity contribution in [1.29, 1.82) is 0 Å². The molecule has 0 unspecified atom stereocenters. The van der Waals surface area contributed by atoms with E-state index < -0.39 is 10.0 Å². The van der Waals surface area contributed by atoms with E-state index in [4.69, 9.17) is 21.1 Å². The molecule has 30 heavy (non-hydrogen) atoms. The summed E-state index contributed by atoms with van der Waals surface area (Å²) in [6, 6.07) is 17.2. The van der Waals surface area contributed by atoms with Crippen molar-refractivity contribution >= 4 is 38.9 Å². The molecule has 0 bridgehead atoms. The molecule has 0 aliphatic carbocycles. The zero-order chi connectivity index (χ0) is 21.7. The largest absolute Gasteiger partial charge is 0.493 e. The third kappa shape index (κ3) is 4.84. The topological polar surface area (TPSA) is 93.7 Å². The molecule has 7 nitrogen and oxygen atoms in total. The Kier molecular flexibility index (Phi) is 6.49. The lowest BCUT2D eigenvalue weighted by molar-refractivity contribution is 0.102. The van der Waals surface area contributed by atoms with E-state index in [1.807, 2.05) is 0 Å². The monoisotopic (exact) mass is 446 g/mol. The lowest BCUT2D eigenvalue weighted by Gasteiger charge is -2.12. The van der Waals surface area contributed by atoms with Crippen LogP contribution in [0.15, 0.2) is 71.6 Å². The molecule has 0 aliphatic heterocycles. The second-order valence-corrected chi connectivity index (χ2v) is 8.22. The highest BCUT2D eigenvalue weighted by Crippen LogP contribution is 2.30. The Balaban J connectivity index is 1.75. The Hall–Kier alpha value is -3.23. The molecule has 3 rings (SSSR count). The minimum absolute atomic E-state index is 0.0145. The maximum absolute atomic E-state index is 12.7. The van der Waals surface area contributed by atoms with Gasteiger partial charge in [-0.3, -0.25) is 9.52 Å². The Morgan fingerprint density at radius 1 is 0.900 bits per heavy atom. The fourth-order valence-corrected chi connectivity index (χ4v) is 3.90. The first-order chi connectivity index (χ1) is 14.3. The molecule has 0 aliphatic rings. The number of carbonyl (C=O) groups excluding carboxylic acids is 1. The van der Waals surface area contributed by atoms with Crippen LogP contribution in [0.5, 0.6) is 11.5 Å². The third-order valence-corrected chi connectivity index (χ3v) is 5.90. The summed E-state index contributed by atoms with van der Waals surface area (Å²) >= 11 is 6.04. The van der Waals surface area contributed by atoms with Crippen LogP contribution in [0, 0.1) is 0 Å². The molecule has 0 fully saturated rings. The molecule has 3 aromatic carbocycles. The molecule has 3 aromatic rings. The summed E-state index contributed by atoms with van der Waals surface area (Å²) in [4.78, 5) is 12.4. The van der Waals surface area contributed by atoms with Gasteiger partial charge < -0.3 is 14.8 Å². The van der Waals surface area contributed by atoms with E-state index in [-0.39, 0.29) is 10.8 Å². The number of hydrogen-bond donors (Lipinski definition) is 2. The molecule has 156 valence electrons. The highest BCUT2D eigenvalue weighted by Gasteiger charge is 2.17. The number of methoxy groups -OCH3 is 2. The third-order valence-electron chi connectivity index (χ3n) is 4.19. The fraction of sp³-hybridized carbons (Fsp3) is 0.0952. The summed E-state index contributed by atoms with van der Waals surface area (Å²) in [5.74, 6) is 0.356. The molecule has 0 saturated heterocycles. The average Bonchev–Trinajstić information content (AvgIpc) is 2.75. The fourth-order valence-electron chi connectivity index (χ4n) is 2.64. The van der Waals surface area contributed by atoms with Crippen LogP contribution in [-0.4, -0.2) is 28.5 Å². The first kappa shape index (κ1) is 21.5. The summed E-state index contributed by atoms with van der Waals surface area (Å²) in [5.41, 5.74) is 1.14. The predicted molar refractivity (Wildman–Crippen MR) is 116 cm³/mol. The lowest BCUT2D eigenvalue weighted by Crippen LogP contribution is -2.14. The van der Waals surface area contributed by atoms with Gasteiger partial charge in [-0.2, -0.15) is 0 Å². The second-order valence-electron chi connectivity index (χ2n) is 6.13. The molecular weight excluding hydrogens is 428 g/mol. The van der Waals surface area contributed by atoms with Crippen LogP contribution in [0.25, 0.3) is 0 Å². The van der Waals surface area contributed by atoms with Crippen molar-refractivity contribution in [2.24, 2.45) is 0 Å². The van der Waals surface area contributed by atoms with Crippen LogP contribution in [0.3, 0.4) is 0 Å². The van der Waals surface area contributed by atoms with Crippen LogP contribution in [-0.2, 0) is 10.0 Å². The van der Waals surface area contributed by atoms with Crippen LogP contribution >= 0.6 is 11.6 Å². The van der Waals surface area contributed by atoms with Crippen molar-refractivity contribution < 1.29 is 22.7 Å². The van der Waals surface area contributed by atoms with Gasteiger partial charge in [-0.15, -0.1) is 0 Å². The van der Waals surface area contributed by atoms with Gasteiger partial charge in [0.2, 0.25) is 0 Å². The van der Waals surface area contributed by atoms with Crippen molar-refractivity contribution in [2.75, 3.05) is 24.3 Å². The van der Waals surface area contributed by atoms with Crippen molar-refractivity contribution in [3.63, 3.8) is 0 Å². The number of amides is 1. The standard InChI is InChI=1S/C21H19ClN2O5S/c1-28-19-12-11-16(13-20(19)29-2)30(26,27)24-15-9-7-14(8-10-15)21(25)23-18-6-4-3-5-17(18)22/h3-13,24H,1-2H3,(H,23,25). The van der Waals surface area contributed by atoms with Gasteiger partial charge in [-0.25, -0.2) is 8.42 Å². The van der Waals surface area contributed by atoms with Crippen LogP contribution < -0.4 is 19.5 Å².